The molecular formula is C15H25NO3. The van der Waals surface area contributed by atoms with E-state index >= 15 is 0 Å². The van der Waals surface area contributed by atoms with Crippen LogP contribution in [-0.4, -0.2) is 27.4 Å². The van der Waals surface area contributed by atoms with Crippen molar-refractivity contribution in [1.29, 1.82) is 0 Å². The van der Waals surface area contributed by atoms with E-state index in [1.54, 1.807) is 14.2 Å². The molecule has 4 heteroatoms. The van der Waals surface area contributed by atoms with E-state index in [1.807, 2.05) is 19.1 Å². The van der Waals surface area contributed by atoms with Crippen molar-refractivity contribution in [1.82, 2.24) is 5.32 Å². The van der Waals surface area contributed by atoms with Crippen molar-refractivity contribution in [2.24, 2.45) is 5.92 Å². The Labute approximate surface area is 116 Å². The van der Waals surface area contributed by atoms with Gasteiger partial charge >= 0.3 is 0 Å². The summed E-state index contributed by atoms with van der Waals surface area (Å²) < 4.78 is 16.3. The van der Waals surface area contributed by atoms with Crippen LogP contribution in [0.25, 0.3) is 0 Å². The Kier molecular flexibility index (Phi) is 6.50. The Hall–Kier alpha value is -1.42. The Morgan fingerprint density at radius 3 is 2.11 bits per heavy atom. The predicted molar refractivity (Wildman–Crippen MR) is 77.3 cm³/mol. The van der Waals surface area contributed by atoms with E-state index in [4.69, 9.17) is 14.2 Å². The molecule has 0 amide bonds. The third-order valence-corrected chi connectivity index (χ3v) is 2.69. The van der Waals surface area contributed by atoms with Gasteiger partial charge in [-0.2, -0.15) is 0 Å². The van der Waals surface area contributed by atoms with E-state index in [9.17, 15) is 0 Å². The van der Waals surface area contributed by atoms with Crippen LogP contribution in [0.5, 0.6) is 17.2 Å². The molecule has 0 saturated carbocycles. The number of hydrogen-bond donors (Lipinski definition) is 1. The zero-order chi connectivity index (χ0) is 14.3. The summed E-state index contributed by atoms with van der Waals surface area (Å²) in [6.45, 7) is 8.67. The van der Waals surface area contributed by atoms with Crippen molar-refractivity contribution in [2.45, 2.75) is 27.3 Å². The Morgan fingerprint density at radius 2 is 1.68 bits per heavy atom. The molecule has 19 heavy (non-hydrogen) atoms. The molecule has 0 aliphatic carbocycles. The number of hydrogen-bond acceptors (Lipinski definition) is 4. The maximum atomic E-state index is 5.58. The number of ether oxygens (including phenoxy) is 3. The van der Waals surface area contributed by atoms with Gasteiger partial charge in [0.25, 0.3) is 0 Å². The number of methoxy groups -OCH3 is 2. The lowest BCUT2D eigenvalue weighted by Crippen LogP contribution is -2.19. The Balaban J connectivity index is 2.89. The molecule has 1 rings (SSSR count). The topological polar surface area (TPSA) is 39.7 Å². The van der Waals surface area contributed by atoms with E-state index in [-0.39, 0.29) is 0 Å². The van der Waals surface area contributed by atoms with Gasteiger partial charge in [-0.1, -0.05) is 13.8 Å². The quantitative estimate of drug-likeness (QED) is 0.786. The molecule has 0 aliphatic heterocycles. The lowest BCUT2D eigenvalue weighted by Gasteiger charge is -2.16. The summed E-state index contributed by atoms with van der Waals surface area (Å²) in [6, 6.07) is 3.97. The third-order valence-electron chi connectivity index (χ3n) is 2.69. The summed E-state index contributed by atoms with van der Waals surface area (Å²) in [6.07, 6.45) is 0. The highest BCUT2D eigenvalue weighted by Crippen LogP contribution is 2.38. The summed E-state index contributed by atoms with van der Waals surface area (Å²) in [5, 5.41) is 3.40. The van der Waals surface area contributed by atoms with E-state index in [2.05, 4.69) is 19.2 Å². The van der Waals surface area contributed by atoms with Crippen LogP contribution in [-0.2, 0) is 6.54 Å². The number of rotatable bonds is 8. The smallest absolute Gasteiger partial charge is 0.203 e. The van der Waals surface area contributed by atoms with Crippen LogP contribution >= 0.6 is 0 Å². The van der Waals surface area contributed by atoms with Crippen molar-refractivity contribution in [3.05, 3.63) is 17.7 Å². The van der Waals surface area contributed by atoms with Gasteiger partial charge in [0, 0.05) is 6.54 Å². The van der Waals surface area contributed by atoms with Crippen molar-refractivity contribution < 1.29 is 14.2 Å². The Bertz CT molecular complexity index is 366. The average molecular weight is 267 g/mol. The van der Waals surface area contributed by atoms with E-state index in [1.165, 1.54) is 0 Å². The molecule has 0 atom stereocenters. The first-order chi connectivity index (χ1) is 9.12. The monoisotopic (exact) mass is 267 g/mol. The van der Waals surface area contributed by atoms with Crippen LogP contribution in [0, 0.1) is 5.92 Å². The average Bonchev–Trinajstić information content (AvgIpc) is 2.39. The molecule has 1 N–H and O–H groups in total. The number of benzene rings is 1. The van der Waals surface area contributed by atoms with E-state index in [0.717, 1.165) is 18.7 Å². The molecule has 0 aromatic heterocycles. The van der Waals surface area contributed by atoms with Gasteiger partial charge in [0.1, 0.15) is 0 Å². The molecule has 0 unspecified atom stereocenters. The summed E-state index contributed by atoms with van der Waals surface area (Å²) in [4.78, 5) is 0. The second-order valence-corrected chi connectivity index (χ2v) is 4.79. The van der Waals surface area contributed by atoms with E-state index < -0.39 is 0 Å². The third kappa shape index (κ3) is 4.63. The molecule has 0 radical (unpaired) electrons. The molecule has 1 aromatic rings. The summed E-state index contributed by atoms with van der Waals surface area (Å²) >= 11 is 0. The van der Waals surface area contributed by atoms with Crippen LogP contribution in [0.2, 0.25) is 0 Å². The minimum atomic E-state index is 0.581. The van der Waals surface area contributed by atoms with Crippen LogP contribution in [0.15, 0.2) is 12.1 Å². The van der Waals surface area contributed by atoms with Gasteiger partial charge in [-0.25, -0.2) is 0 Å². The van der Waals surface area contributed by atoms with Gasteiger partial charge in [-0.05, 0) is 37.1 Å². The van der Waals surface area contributed by atoms with Gasteiger partial charge < -0.3 is 19.5 Å². The first kappa shape index (κ1) is 15.6. The van der Waals surface area contributed by atoms with Crippen LogP contribution < -0.4 is 19.5 Å². The second-order valence-electron chi connectivity index (χ2n) is 4.79. The predicted octanol–water partition coefficient (Wildman–Crippen LogP) is 2.85. The first-order valence-electron chi connectivity index (χ1n) is 6.70. The highest BCUT2D eigenvalue weighted by molar-refractivity contribution is 5.53. The summed E-state index contributed by atoms with van der Waals surface area (Å²) in [7, 11) is 3.28. The highest BCUT2D eigenvalue weighted by Gasteiger charge is 2.13. The van der Waals surface area contributed by atoms with E-state index in [0.29, 0.717) is 29.8 Å². The lowest BCUT2D eigenvalue weighted by atomic mass is 10.1. The lowest BCUT2D eigenvalue weighted by molar-refractivity contribution is 0.288. The molecule has 0 aliphatic rings. The first-order valence-corrected chi connectivity index (χ1v) is 6.70. The molecule has 0 fully saturated rings. The van der Waals surface area contributed by atoms with Gasteiger partial charge in [0.2, 0.25) is 5.75 Å². The molecule has 0 heterocycles. The van der Waals surface area contributed by atoms with Crippen molar-refractivity contribution in [3.63, 3.8) is 0 Å². The summed E-state index contributed by atoms with van der Waals surface area (Å²) in [5.74, 6) is 2.72. The normalized spacial score (nSPS) is 10.6. The fraction of sp³-hybridized carbons (Fsp3) is 0.600. The van der Waals surface area contributed by atoms with Gasteiger partial charge in [0.15, 0.2) is 11.5 Å². The largest absolute Gasteiger partial charge is 0.493 e. The van der Waals surface area contributed by atoms with Gasteiger partial charge in [-0.3, -0.25) is 0 Å². The van der Waals surface area contributed by atoms with Gasteiger partial charge in [0.05, 0.1) is 20.8 Å². The molecule has 4 nitrogen and oxygen atoms in total. The molecule has 0 spiro atoms. The van der Waals surface area contributed by atoms with Crippen molar-refractivity contribution in [2.75, 3.05) is 27.4 Å². The molecule has 0 saturated heterocycles. The summed E-state index contributed by atoms with van der Waals surface area (Å²) in [5.41, 5.74) is 1.12. The van der Waals surface area contributed by atoms with Crippen LogP contribution in [0.4, 0.5) is 0 Å². The standard InChI is InChI=1S/C15H25NO3/c1-6-19-15-13(17-4)7-12(8-14(15)18-5)10-16-9-11(2)3/h7-8,11,16H,6,9-10H2,1-5H3. The molecule has 1 aromatic carbocycles. The fourth-order valence-electron chi connectivity index (χ4n) is 1.83. The van der Waals surface area contributed by atoms with Gasteiger partial charge in [-0.15, -0.1) is 0 Å². The molecule has 0 bridgehead atoms. The molecule has 108 valence electrons. The van der Waals surface area contributed by atoms with Crippen molar-refractivity contribution >= 4 is 0 Å². The van der Waals surface area contributed by atoms with Crippen molar-refractivity contribution in [3.8, 4) is 17.2 Å². The Morgan fingerprint density at radius 1 is 1.11 bits per heavy atom. The zero-order valence-electron chi connectivity index (χ0n) is 12.6. The van der Waals surface area contributed by atoms with Crippen LogP contribution in [0.1, 0.15) is 26.3 Å². The highest BCUT2D eigenvalue weighted by atomic mass is 16.5. The minimum Gasteiger partial charge on any atom is -0.493 e. The molecular weight excluding hydrogens is 242 g/mol. The zero-order valence-corrected chi connectivity index (χ0v) is 12.6. The SMILES string of the molecule is CCOc1c(OC)cc(CNCC(C)C)cc1OC. The minimum absolute atomic E-state index is 0.581. The maximum absolute atomic E-state index is 5.58. The maximum Gasteiger partial charge on any atom is 0.203 e. The second kappa shape index (κ2) is 7.89. The number of nitrogens with one attached hydrogen (secondary N) is 1. The van der Waals surface area contributed by atoms with Crippen LogP contribution in [0.3, 0.4) is 0 Å². The fourth-order valence-corrected chi connectivity index (χ4v) is 1.83.